The Kier molecular flexibility index (Phi) is 8.64. The summed E-state index contributed by atoms with van der Waals surface area (Å²) in [5, 5.41) is -0.639. The van der Waals surface area contributed by atoms with Gasteiger partial charge in [0.1, 0.15) is 11.1 Å². The highest BCUT2D eigenvalue weighted by atomic mass is 35.5. The van der Waals surface area contributed by atoms with Crippen molar-refractivity contribution in [3.05, 3.63) is 34.1 Å². The standard InChI is InChI=1S/C21H23ClFNO6S/c1-11(20(27)29-3)31-18-10-17(16(23)9-15(18)22)24(12(2)25)19(26)13-7-5-6-8-14(13)21(28)30-4/h9-11H,5-8H2,1-4H3. The summed E-state index contributed by atoms with van der Waals surface area (Å²) < 4.78 is 24.3. The van der Waals surface area contributed by atoms with Crippen LogP contribution in [0.3, 0.4) is 0 Å². The molecule has 0 aromatic heterocycles. The second kappa shape index (κ2) is 10.8. The smallest absolute Gasteiger partial charge is 0.334 e. The molecule has 1 unspecified atom stereocenters. The maximum Gasteiger partial charge on any atom is 0.334 e. The van der Waals surface area contributed by atoms with Gasteiger partial charge in [-0.2, -0.15) is 0 Å². The monoisotopic (exact) mass is 471 g/mol. The van der Waals surface area contributed by atoms with E-state index in [4.69, 9.17) is 16.3 Å². The lowest BCUT2D eigenvalue weighted by atomic mass is 9.90. The van der Waals surface area contributed by atoms with E-state index in [0.29, 0.717) is 29.1 Å². The molecular formula is C21H23ClFNO6S. The van der Waals surface area contributed by atoms with Crippen LogP contribution in [0.5, 0.6) is 0 Å². The van der Waals surface area contributed by atoms with Gasteiger partial charge in [0.15, 0.2) is 0 Å². The number of methoxy groups -OCH3 is 2. The number of imide groups is 1. The van der Waals surface area contributed by atoms with Gasteiger partial charge in [0.05, 0.1) is 24.9 Å². The topological polar surface area (TPSA) is 90.0 Å². The van der Waals surface area contributed by atoms with Crippen LogP contribution in [0.2, 0.25) is 5.02 Å². The average Bonchev–Trinajstić information content (AvgIpc) is 2.75. The Morgan fingerprint density at radius 2 is 1.71 bits per heavy atom. The van der Waals surface area contributed by atoms with E-state index in [1.807, 2.05) is 0 Å². The Balaban J connectivity index is 2.54. The van der Waals surface area contributed by atoms with Crippen molar-refractivity contribution in [2.75, 3.05) is 19.1 Å². The number of hydrogen-bond donors (Lipinski definition) is 0. The lowest BCUT2D eigenvalue weighted by molar-refractivity contribution is -0.139. The number of ether oxygens (including phenoxy) is 2. The van der Waals surface area contributed by atoms with Crippen molar-refractivity contribution in [2.45, 2.75) is 49.7 Å². The Bertz CT molecular complexity index is 948. The zero-order valence-electron chi connectivity index (χ0n) is 17.6. The first-order chi connectivity index (χ1) is 14.6. The minimum Gasteiger partial charge on any atom is -0.468 e. The van der Waals surface area contributed by atoms with Gasteiger partial charge in [0, 0.05) is 23.0 Å². The van der Waals surface area contributed by atoms with Gasteiger partial charge in [0.2, 0.25) is 5.91 Å². The number of rotatable bonds is 6. The third kappa shape index (κ3) is 5.65. The quantitative estimate of drug-likeness (QED) is 0.456. The van der Waals surface area contributed by atoms with Gasteiger partial charge in [0.25, 0.3) is 5.91 Å². The van der Waals surface area contributed by atoms with Gasteiger partial charge in [-0.05, 0) is 44.7 Å². The van der Waals surface area contributed by atoms with Gasteiger partial charge < -0.3 is 9.47 Å². The van der Waals surface area contributed by atoms with E-state index >= 15 is 0 Å². The Hall–Kier alpha value is -2.39. The minimum atomic E-state index is -0.889. The van der Waals surface area contributed by atoms with Crippen molar-refractivity contribution in [2.24, 2.45) is 0 Å². The van der Waals surface area contributed by atoms with Crippen LogP contribution in [0.1, 0.15) is 39.5 Å². The first kappa shape index (κ1) is 24.9. The highest BCUT2D eigenvalue weighted by Crippen LogP contribution is 2.37. The Morgan fingerprint density at radius 1 is 1.10 bits per heavy atom. The van der Waals surface area contributed by atoms with Gasteiger partial charge in [-0.3, -0.25) is 14.4 Å². The molecular weight excluding hydrogens is 449 g/mol. The van der Waals surface area contributed by atoms with Gasteiger partial charge in [-0.25, -0.2) is 14.1 Å². The number of amides is 2. The molecule has 0 N–H and O–H groups in total. The number of carbonyl (C=O) groups excluding carboxylic acids is 4. The number of anilines is 1. The first-order valence-corrected chi connectivity index (χ1v) is 10.8. The zero-order valence-corrected chi connectivity index (χ0v) is 19.2. The molecule has 0 heterocycles. The molecule has 2 amide bonds. The predicted octanol–water partition coefficient (Wildman–Crippen LogP) is 4.06. The molecule has 2 rings (SSSR count). The van der Waals surface area contributed by atoms with Crippen molar-refractivity contribution in [1.29, 1.82) is 0 Å². The molecule has 1 atom stereocenters. The second-order valence-electron chi connectivity index (χ2n) is 6.83. The molecule has 0 fully saturated rings. The summed E-state index contributed by atoms with van der Waals surface area (Å²) in [6.07, 6.45) is 1.94. The largest absolute Gasteiger partial charge is 0.468 e. The van der Waals surface area contributed by atoms with Crippen LogP contribution in [-0.4, -0.2) is 43.2 Å². The summed E-state index contributed by atoms with van der Waals surface area (Å²) in [6.45, 7) is 2.70. The number of carbonyl (C=O) groups is 4. The van der Waals surface area contributed by atoms with Crippen molar-refractivity contribution in [3.8, 4) is 0 Å². The van der Waals surface area contributed by atoms with E-state index in [9.17, 15) is 23.6 Å². The fraction of sp³-hybridized carbons (Fsp3) is 0.429. The van der Waals surface area contributed by atoms with Gasteiger partial charge in [-0.15, -0.1) is 11.8 Å². The number of esters is 2. The molecule has 0 bridgehead atoms. The lowest BCUT2D eigenvalue weighted by Crippen LogP contribution is -2.38. The van der Waals surface area contributed by atoms with Crippen LogP contribution in [0.25, 0.3) is 0 Å². The minimum absolute atomic E-state index is 0.0186. The van der Waals surface area contributed by atoms with Crippen LogP contribution in [-0.2, 0) is 28.7 Å². The molecule has 0 spiro atoms. The summed E-state index contributed by atoms with van der Waals surface area (Å²) in [6, 6.07) is 2.21. The molecule has 1 aromatic carbocycles. The number of hydrogen-bond acceptors (Lipinski definition) is 7. The molecule has 1 aliphatic carbocycles. The average molecular weight is 472 g/mol. The summed E-state index contributed by atoms with van der Waals surface area (Å²) >= 11 is 7.12. The van der Waals surface area contributed by atoms with Crippen LogP contribution in [0, 0.1) is 5.82 Å². The third-order valence-electron chi connectivity index (χ3n) is 4.75. The predicted molar refractivity (Wildman–Crippen MR) is 114 cm³/mol. The summed E-state index contributed by atoms with van der Waals surface area (Å²) in [5.74, 6) is -3.57. The molecule has 1 aromatic rings. The second-order valence-corrected chi connectivity index (χ2v) is 8.62. The Morgan fingerprint density at radius 3 is 2.26 bits per heavy atom. The van der Waals surface area contributed by atoms with Crippen molar-refractivity contribution < 1.29 is 33.0 Å². The number of halogens is 2. The fourth-order valence-corrected chi connectivity index (χ4v) is 4.44. The fourth-order valence-electron chi connectivity index (χ4n) is 3.23. The van der Waals surface area contributed by atoms with Crippen molar-refractivity contribution in [3.63, 3.8) is 0 Å². The SMILES string of the molecule is COC(=O)C1=C(C(=O)N(C(C)=O)c2cc(SC(C)C(=O)OC)c(Cl)cc2F)CCCC1. The van der Waals surface area contributed by atoms with Crippen LogP contribution < -0.4 is 4.90 Å². The molecule has 10 heteroatoms. The molecule has 0 aliphatic heterocycles. The third-order valence-corrected chi connectivity index (χ3v) is 6.32. The summed E-state index contributed by atoms with van der Waals surface area (Å²) in [7, 11) is 2.45. The molecule has 7 nitrogen and oxygen atoms in total. The molecule has 0 saturated carbocycles. The maximum absolute atomic E-state index is 14.8. The lowest BCUT2D eigenvalue weighted by Gasteiger charge is -2.25. The van der Waals surface area contributed by atoms with E-state index in [0.717, 1.165) is 24.8 Å². The van der Waals surface area contributed by atoms with E-state index in [2.05, 4.69) is 4.74 Å². The highest BCUT2D eigenvalue weighted by molar-refractivity contribution is 8.00. The zero-order chi connectivity index (χ0) is 23.3. The maximum atomic E-state index is 14.8. The number of nitrogens with zero attached hydrogens (tertiary/aromatic N) is 1. The normalized spacial score (nSPS) is 14.6. The summed E-state index contributed by atoms with van der Waals surface area (Å²) in [5.41, 5.74) is -0.00294. The van der Waals surface area contributed by atoms with Gasteiger partial charge in [-0.1, -0.05) is 11.6 Å². The van der Waals surface area contributed by atoms with Crippen molar-refractivity contribution in [1.82, 2.24) is 0 Å². The van der Waals surface area contributed by atoms with E-state index in [-0.39, 0.29) is 28.3 Å². The molecule has 31 heavy (non-hydrogen) atoms. The molecule has 168 valence electrons. The number of thioether (sulfide) groups is 1. The van der Waals surface area contributed by atoms with E-state index in [1.54, 1.807) is 6.92 Å². The van der Waals surface area contributed by atoms with Crippen LogP contribution >= 0.6 is 23.4 Å². The van der Waals surface area contributed by atoms with E-state index < -0.39 is 34.8 Å². The number of benzene rings is 1. The summed E-state index contributed by atoms with van der Waals surface area (Å²) in [4.78, 5) is 50.5. The molecule has 0 saturated heterocycles. The van der Waals surface area contributed by atoms with E-state index in [1.165, 1.54) is 20.3 Å². The molecule has 0 radical (unpaired) electrons. The van der Waals surface area contributed by atoms with Crippen LogP contribution in [0.15, 0.2) is 28.2 Å². The molecule has 1 aliphatic rings. The van der Waals surface area contributed by atoms with Crippen molar-refractivity contribution >= 4 is 52.8 Å². The Labute approximate surface area is 188 Å². The first-order valence-electron chi connectivity index (χ1n) is 9.51. The van der Waals surface area contributed by atoms with Crippen LogP contribution in [0.4, 0.5) is 10.1 Å². The van der Waals surface area contributed by atoms with Gasteiger partial charge >= 0.3 is 11.9 Å². The highest BCUT2D eigenvalue weighted by Gasteiger charge is 2.32.